The van der Waals surface area contributed by atoms with E-state index in [9.17, 15) is 9.59 Å². The Hall–Kier alpha value is -2.90. The zero-order valence-corrected chi connectivity index (χ0v) is 18.6. The van der Waals surface area contributed by atoms with Gasteiger partial charge in [0, 0.05) is 17.9 Å². The minimum Gasteiger partial charge on any atom is -0.338 e. The lowest BCUT2D eigenvalue weighted by Gasteiger charge is -2.19. The highest BCUT2D eigenvalue weighted by Crippen LogP contribution is 2.19. The molecular formula is C23H23ClN4O2S. The molecule has 0 aliphatic carbocycles. The van der Waals surface area contributed by atoms with Gasteiger partial charge < -0.3 is 10.6 Å². The summed E-state index contributed by atoms with van der Waals surface area (Å²) in [5.74, 6) is -0.0113. The summed E-state index contributed by atoms with van der Waals surface area (Å²) in [6.45, 7) is 2.05. The van der Waals surface area contributed by atoms with E-state index in [1.807, 2.05) is 48.5 Å². The SMILES string of the molecule is CCCSc1ncc(Cl)c(C(=O)NC(Cc2ccccc2)C(=O)Nc2ccccc2)n1. The van der Waals surface area contributed by atoms with Crippen LogP contribution in [-0.4, -0.2) is 33.6 Å². The molecule has 6 nitrogen and oxygen atoms in total. The summed E-state index contributed by atoms with van der Waals surface area (Å²) in [5.41, 5.74) is 1.63. The maximum absolute atomic E-state index is 13.0. The predicted octanol–water partition coefficient (Wildman–Crippen LogP) is 4.61. The van der Waals surface area contributed by atoms with E-state index < -0.39 is 11.9 Å². The molecule has 0 radical (unpaired) electrons. The van der Waals surface area contributed by atoms with Crippen LogP contribution in [0, 0.1) is 0 Å². The van der Waals surface area contributed by atoms with Gasteiger partial charge in [0.15, 0.2) is 10.9 Å². The fraction of sp³-hybridized carbons (Fsp3) is 0.217. The summed E-state index contributed by atoms with van der Waals surface area (Å²) in [5, 5.41) is 6.26. The molecule has 2 N–H and O–H groups in total. The number of aromatic nitrogens is 2. The summed E-state index contributed by atoms with van der Waals surface area (Å²) in [6, 6.07) is 17.8. The van der Waals surface area contributed by atoms with Crippen molar-refractivity contribution in [1.29, 1.82) is 0 Å². The van der Waals surface area contributed by atoms with Crippen LogP contribution in [0.4, 0.5) is 5.69 Å². The van der Waals surface area contributed by atoms with E-state index in [0.717, 1.165) is 17.7 Å². The van der Waals surface area contributed by atoms with Gasteiger partial charge in [0.25, 0.3) is 5.91 Å². The second-order valence-corrected chi connectivity index (χ2v) is 8.24. The Morgan fingerprint density at radius 1 is 1.06 bits per heavy atom. The molecule has 0 aliphatic heterocycles. The number of halogens is 1. The van der Waals surface area contributed by atoms with Gasteiger partial charge in [-0.3, -0.25) is 9.59 Å². The molecule has 3 rings (SSSR count). The Balaban J connectivity index is 1.80. The normalized spacial score (nSPS) is 11.5. The molecule has 0 spiro atoms. The maximum Gasteiger partial charge on any atom is 0.272 e. The molecule has 1 heterocycles. The van der Waals surface area contributed by atoms with Crippen LogP contribution >= 0.6 is 23.4 Å². The first-order chi connectivity index (χ1) is 15.1. The van der Waals surface area contributed by atoms with Crippen molar-refractivity contribution >= 4 is 40.9 Å². The number of anilines is 1. The summed E-state index contributed by atoms with van der Waals surface area (Å²) in [6.07, 6.45) is 2.69. The molecule has 0 saturated heterocycles. The van der Waals surface area contributed by atoms with E-state index in [1.165, 1.54) is 18.0 Å². The van der Waals surface area contributed by atoms with Gasteiger partial charge in [0.2, 0.25) is 5.91 Å². The lowest BCUT2D eigenvalue weighted by Crippen LogP contribution is -2.45. The number of hydrogen-bond donors (Lipinski definition) is 2. The van der Waals surface area contributed by atoms with Gasteiger partial charge >= 0.3 is 0 Å². The Kier molecular flexibility index (Phi) is 8.44. The molecule has 31 heavy (non-hydrogen) atoms. The average molecular weight is 455 g/mol. The third kappa shape index (κ3) is 6.80. The average Bonchev–Trinajstić information content (AvgIpc) is 2.79. The highest BCUT2D eigenvalue weighted by molar-refractivity contribution is 7.99. The zero-order valence-electron chi connectivity index (χ0n) is 17.0. The summed E-state index contributed by atoms with van der Waals surface area (Å²) < 4.78 is 0. The van der Waals surface area contributed by atoms with Crippen molar-refractivity contribution in [1.82, 2.24) is 15.3 Å². The Labute approximate surface area is 190 Å². The monoisotopic (exact) mass is 454 g/mol. The fourth-order valence-corrected chi connectivity index (χ4v) is 3.66. The molecule has 3 aromatic rings. The van der Waals surface area contributed by atoms with Gasteiger partial charge in [-0.25, -0.2) is 9.97 Å². The minimum atomic E-state index is -0.812. The van der Waals surface area contributed by atoms with Crippen LogP contribution in [0.2, 0.25) is 5.02 Å². The van der Waals surface area contributed by atoms with E-state index in [-0.39, 0.29) is 16.6 Å². The van der Waals surface area contributed by atoms with Crippen molar-refractivity contribution in [3.63, 3.8) is 0 Å². The van der Waals surface area contributed by atoms with Crippen LogP contribution in [0.15, 0.2) is 72.0 Å². The summed E-state index contributed by atoms with van der Waals surface area (Å²) in [4.78, 5) is 34.4. The maximum atomic E-state index is 13.0. The summed E-state index contributed by atoms with van der Waals surface area (Å²) in [7, 11) is 0. The highest BCUT2D eigenvalue weighted by Gasteiger charge is 2.24. The van der Waals surface area contributed by atoms with Gasteiger partial charge in [0.1, 0.15) is 6.04 Å². The van der Waals surface area contributed by atoms with Crippen molar-refractivity contribution in [3.8, 4) is 0 Å². The molecule has 1 aromatic heterocycles. The molecule has 2 amide bonds. The Bertz CT molecular complexity index is 1020. The van der Waals surface area contributed by atoms with Crippen molar-refractivity contribution in [2.45, 2.75) is 31.0 Å². The molecule has 160 valence electrons. The van der Waals surface area contributed by atoms with Gasteiger partial charge in [-0.15, -0.1) is 0 Å². The largest absolute Gasteiger partial charge is 0.338 e. The van der Waals surface area contributed by atoms with E-state index >= 15 is 0 Å². The number of carbonyl (C=O) groups excluding carboxylic acids is 2. The number of carbonyl (C=O) groups is 2. The van der Waals surface area contributed by atoms with Gasteiger partial charge in [-0.2, -0.15) is 0 Å². The van der Waals surface area contributed by atoms with Gasteiger partial charge in [-0.05, 0) is 24.1 Å². The first-order valence-electron chi connectivity index (χ1n) is 9.93. The molecule has 0 fully saturated rings. The number of benzene rings is 2. The van der Waals surface area contributed by atoms with E-state index in [2.05, 4.69) is 27.5 Å². The van der Waals surface area contributed by atoms with Crippen molar-refractivity contribution < 1.29 is 9.59 Å². The number of rotatable bonds is 9. The van der Waals surface area contributed by atoms with Crippen LogP contribution in [0.25, 0.3) is 0 Å². The third-order valence-corrected chi connectivity index (χ3v) is 5.66. The number of para-hydroxylation sites is 1. The lowest BCUT2D eigenvalue weighted by molar-refractivity contribution is -0.118. The lowest BCUT2D eigenvalue weighted by atomic mass is 10.0. The van der Waals surface area contributed by atoms with Gasteiger partial charge in [-0.1, -0.05) is 78.8 Å². The quantitative estimate of drug-likeness (QED) is 0.364. The zero-order chi connectivity index (χ0) is 22.1. The standard InChI is InChI=1S/C23H23ClN4O2S/c1-2-13-31-23-25-15-18(24)20(28-23)22(30)27-19(14-16-9-5-3-6-10-16)21(29)26-17-11-7-4-8-12-17/h3-12,15,19H,2,13-14H2,1H3,(H,26,29)(H,27,30). The molecule has 8 heteroatoms. The smallest absolute Gasteiger partial charge is 0.272 e. The van der Waals surface area contributed by atoms with Crippen molar-refractivity contribution in [2.24, 2.45) is 0 Å². The molecule has 0 aliphatic rings. The third-order valence-electron chi connectivity index (χ3n) is 4.32. The number of amides is 2. The molecular weight excluding hydrogens is 432 g/mol. The second-order valence-electron chi connectivity index (χ2n) is 6.77. The minimum absolute atomic E-state index is 0.0563. The van der Waals surface area contributed by atoms with E-state index in [4.69, 9.17) is 11.6 Å². The van der Waals surface area contributed by atoms with Crippen LogP contribution in [-0.2, 0) is 11.2 Å². The molecule has 0 bridgehead atoms. The summed E-state index contributed by atoms with van der Waals surface area (Å²) >= 11 is 7.63. The number of nitrogens with zero attached hydrogens (tertiary/aromatic N) is 2. The fourth-order valence-electron chi connectivity index (χ4n) is 2.81. The predicted molar refractivity (Wildman–Crippen MR) is 125 cm³/mol. The molecule has 0 saturated carbocycles. The first-order valence-corrected chi connectivity index (χ1v) is 11.3. The van der Waals surface area contributed by atoms with Crippen LogP contribution < -0.4 is 10.6 Å². The van der Waals surface area contributed by atoms with Crippen LogP contribution in [0.3, 0.4) is 0 Å². The number of nitrogens with one attached hydrogen (secondary N) is 2. The Morgan fingerprint density at radius 2 is 1.74 bits per heavy atom. The second kappa shape index (κ2) is 11.5. The topological polar surface area (TPSA) is 84.0 Å². The Morgan fingerprint density at radius 3 is 2.42 bits per heavy atom. The van der Waals surface area contributed by atoms with Gasteiger partial charge in [0.05, 0.1) is 11.2 Å². The first kappa shape index (κ1) is 22.8. The van der Waals surface area contributed by atoms with E-state index in [0.29, 0.717) is 17.3 Å². The van der Waals surface area contributed by atoms with Crippen LogP contribution in [0.1, 0.15) is 29.4 Å². The molecule has 1 atom stereocenters. The number of thioether (sulfide) groups is 1. The molecule has 1 unspecified atom stereocenters. The molecule has 2 aromatic carbocycles. The van der Waals surface area contributed by atoms with E-state index in [1.54, 1.807) is 12.1 Å². The van der Waals surface area contributed by atoms with Crippen molar-refractivity contribution in [2.75, 3.05) is 11.1 Å². The number of hydrogen-bond acceptors (Lipinski definition) is 5. The van der Waals surface area contributed by atoms with Crippen molar-refractivity contribution in [3.05, 3.63) is 83.1 Å². The van der Waals surface area contributed by atoms with Crippen LogP contribution in [0.5, 0.6) is 0 Å². The highest BCUT2D eigenvalue weighted by atomic mass is 35.5.